The van der Waals surface area contributed by atoms with Crippen LogP contribution in [0.1, 0.15) is 46.6 Å². The minimum atomic E-state index is -1.65. The minimum Gasteiger partial charge on any atom is -0.480 e. The molecule has 43 heavy (non-hydrogen) atoms. The summed E-state index contributed by atoms with van der Waals surface area (Å²) in [5, 5.41) is 39.4. The van der Waals surface area contributed by atoms with Crippen LogP contribution in [0.15, 0.2) is 30.3 Å². The van der Waals surface area contributed by atoms with Crippen molar-refractivity contribution in [2.75, 3.05) is 6.61 Å². The van der Waals surface area contributed by atoms with Gasteiger partial charge in [-0.3, -0.25) is 24.0 Å². The van der Waals surface area contributed by atoms with E-state index in [1.54, 1.807) is 30.3 Å². The van der Waals surface area contributed by atoms with E-state index >= 15 is 0 Å². The summed E-state index contributed by atoms with van der Waals surface area (Å²) in [5.74, 6) is -6.88. The maximum absolute atomic E-state index is 13.1. The van der Waals surface area contributed by atoms with Gasteiger partial charge in [0.05, 0.1) is 24.9 Å². The zero-order valence-electron chi connectivity index (χ0n) is 24.9. The second-order valence-corrected chi connectivity index (χ2v) is 11.2. The predicted octanol–water partition coefficient (Wildman–Crippen LogP) is -1.34. The number of carbonyl (C=O) groups excluding carboxylic acids is 5. The standard InChI is InChI=1S/C29H42N4O10/c1-14(2)11-19(24(36)21-13-43-21)30-27(39)22(16(4)34)33-28(40)23(17(5)35)32-26(38)15(3)25(37)31-20(29(41)42)12-18-9-7-6-8-10-18/h6-10,14-17,19-23,34-35H,11-13H2,1-5H3,(H,30,39)(H,31,37)(H,32,38)(H,33,40)(H,41,42). The molecule has 1 aromatic rings. The highest BCUT2D eigenvalue weighted by Crippen LogP contribution is 2.17. The molecule has 238 valence electrons. The lowest BCUT2D eigenvalue weighted by Crippen LogP contribution is -2.61. The van der Waals surface area contributed by atoms with E-state index < -0.39 is 78.0 Å². The minimum absolute atomic E-state index is 0.0327. The Hall–Kier alpha value is -3.88. The van der Waals surface area contributed by atoms with Crippen LogP contribution in [-0.4, -0.2) is 99.8 Å². The Balaban J connectivity index is 2.07. The molecule has 0 aromatic heterocycles. The Morgan fingerprint density at radius 3 is 1.70 bits per heavy atom. The second kappa shape index (κ2) is 16.1. The van der Waals surface area contributed by atoms with Crippen molar-refractivity contribution in [3.05, 3.63) is 35.9 Å². The van der Waals surface area contributed by atoms with E-state index in [0.29, 0.717) is 12.0 Å². The molecule has 8 atom stereocenters. The molecule has 8 unspecified atom stereocenters. The van der Waals surface area contributed by atoms with Crippen molar-refractivity contribution in [1.29, 1.82) is 0 Å². The molecule has 1 fully saturated rings. The number of rotatable bonds is 17. The Morgan fingerprint density at radius 2 is 1.23 bits per heavy atom. The lowest BCUT2D eigenvalue weighted by Gasteiger charge is -2.28. The van der Waals surface area contributed by atoms with Gasteiger partial charge in [-0.2, -0.15) is 0 Å². The molecule has 14 nitrogen and oxygen atoms in total. The summed E-state index contributed by atoms with van der Waals surface area (Å²) in [7, 11) is 0. The van der Waals surface area contributed by atoms with Crippen molar-refractivity contribution in [2.24, 2.45) is 11.8 Å². The average Bonchev–Trinajstić information content (AvgIpc) is 3.78. The number of carboxylic acid groups (broad SMARTS) is 1. The Bertz CT molecular complexity index is 1150. The van der Waals surface area contributed by atoms with E-state index in [4.69, 9.17) is 4.74 Å². The van der Waals surface area contributed by atoms with E-state index in [1.807, 2.05) is 13.8 Å². The number of hydrogen-bond acceptors (Lipinski definition) is 9. The number of nitrogens with one attached hydrogen (secondary N) is 4. The summed E-state index contributed by atoms with van der Waals surface area (Å²) in [6.45, 7) is 7.60. The van der Waals surface area contributed by atoms with Crippen LogP contribution in [0.4, 0.5) is 0 Å². The number of carboxylic acids is 1. The molecule has 0 spiro atoms. The van der Waals surface area contributed by atoms with Crippen LogP contribution in [0, 0.1) is 11.8 Å². The fourth-order valence-electron chi connectivity index (χ4n) is 4.21. The first-order valence-corrected chi connectivity index (χ1v) is 14.1. The molecule has 14 heteroatoms. The monoisotopic (exact) mass is 606 g/mol. The maximum atomic E-state index is 13.1. The number of aliphatic hydroxyl groups is 2. The van der Waals surface area contributed by atoms with Gasteiger partial charge in [0.15, 0.2) is 5.78 Å². The highest BCUT2D eigenvalue weighted by Gasteiger charge is 2.39. The topological polar surface area (TPSA) is 224 Å². The second-order valence-electron chi connectivity index (χ2n) is 11.2. The van der Waals surface area contributed by atoms with E-state index in [1.165, 1.54) is 20.8 Å². The zero-order chi connectivity index (χ0) is 32.4. The van der Waals surface area contributed by atoms with Crippen molar-refractivity contribution in [1.82, 2.24) is 21.3 Å². The number of aliphatic carboxylic acids is 1. The van der Waals surface area contributed by atoms with Gasteiger partial charge in [-0.15, -0.1) is 0 Å². The van der Waals surface area contributed by atoms with Crippen LogP contribution < -0.4 is 21.3 Å². The van der Waals surface area contributed by atoms with E-state index in [2.05, 4.69) is 21.3 Å². The summed E-state index contributed by atoms with van der Waals surface area (Å²) >= 11 is 0. The summed E-state index contributed by atoms with van der Waals surface area (Å²) in [6.07, 6.45) is -3.28. The van der Waals surface area contributed by atoms with E-state index in [9.17, 15) is 44.1 Å². The van der Waals surface area contributed by atoms with E-state index in [-0.39, 0.29) is 24.7 Å². The molecule has 1 aliphatic heterocycles. The van der Waals surface area contributed by atoms with Crippen LogP contribution >= 0.6 is 0 Å². The largest absolute Gasteiger partial charge is 0.480 e. The molecule has 0 radical (unpaired) electrons. The predicted molar refractivity (Wildman–Crippen MR) is 152 cm³/mol. The summed E-state index contributed by atoms with van der Waals surface area (Å²) in [4.78, 5) is 76.0. The smallest absolute Gasteiger partial charge is 0.326 e. The quantitative estimate of drug-likeness (QED) is 0.0817. The molecule has 1 heterocycles. The summed E-state index contributed by atoms with van der Waals surface area (Å²) in [5.41, 5.74) is 0.649. The summed E-state index contributed by atoms with van der Waals surface area (Å²) in [6, 6.07) is 3.11. The molecule has 0 saturated carbocycles. The molecular weight excluding hydrogens is 564 g/mol. The van der Waals surface area contributed by atoms with Crippen molar-refractivity contribution >= 4 is 35.4 Å². The van der Waals surface area contributed by atoms with Gasteiger partial charge in [-0.1, -0.05) is 44.2 Å². The number of amides is 4. The van der Waals surface area contributed by atoms with E-state index in [0.717, 1.165) is 0 Å². The number of hydrogen-bond donors (Lipinski definition) is 7. The number of Topliss-reactive ketones (excluding diaryl/α,β-unsaturated/α-hetero) is 1. The third-order valence-corrected chi connectivity index (χ3v) is 6.83. The number of ketones is 1. The van der Waals surface area contributed by atoms with Gasteiger partial charge in [0.25, 0.3) is 0 Å². The normalized spacial score (nSPS) is 19.0. The molecule has 0 bridgehead atoms. The van der Waals surface area contributed by atoms with Gasteiger partial charge >= 0.3 is 5.97 Å². The third kappa shape index (κ3) is 11.0. The van der Waals surface area contributed by atoms with Crippen LogP contribution in [-0.2, 0) is 39.9 Å². The third-order valence-electron chi connectivity index (χ3n) is 6.83. The number of epoxide rings is 1. The fraction of sp³-hybridized carbons (Fsp3) is 0.586. The van der Waals surface area contributed by atoms with Crippen molar-refractivity contribution < 1.29 is 48.8 Å². The first-order chi connectivity index (χ1) is 20.1. The Kier molecular flexibility index (Phi) is 13.2. The van der Waals surface area contributed by atoms with Gasteiger partial charge in [0.2, 0.25) is 23.6 Å². The highest BCUT2D eigenvalue weighted by molar-refractivity contribution is 6.03. The Morgan fingerprint density at radius 1 is 0.767 bits per heavy atom. The first kappa shape index (κ1) is 35.3. The lowest BCUT2D eigenvalue weighted by atomic mass is 9.98. The molecule has 1 aromatic carbocycles. The molecule has 1 aliphatic rings. The Labute approximate surface area is 249 Å². The molecule has 7 N–H and O–H groups in total. The molecule has 1 saturated heterocycles. The highest BCUT2D eigenvalue weighted by atomic mass is 16.6. The van der Waals surface area contributed by atoms with Crippen molar-refractivity contribution in [2.45, 2.75) is 89.9 Å². The molecule has 4 amide bonds. The first-order valence-electron chi connectivity index (χ1n) is 14.1. The fourth-order valence-corrected chi connectivity index (χ4v) is 4.21. The van der Waals surface area contributed by atoms with Gasteiger partial charge in [0, 0.05) is 6.42 Å². The van der Waals surface area contributed by atoms with Gasteiger partial charge in [0.1, 0.15) is 30.1 Å². The molecular formula is C29H42N4O10. The number of ether oxygens (including phenoxy) is 1. The van der Waals surface area contributed by atoms with Crippen LogP contribution in [0.25, 0.3) is 0 Å². The molecule has 0 aliphatic carbocycles. The number of benzene rings is 1. The molecule has 2 rings (SSSR count). The van der Waals surface area contributed by atoms with Crippen molar-refractivity contribution in [3.63, 3.8) is 0 Å². The zero-order valence-corrected chi connectivity index (χ0v) is 24.9. The van der Waals surface area contributed by atoms with Crippen molar-refractivity contribution in [3.8, 4) is 0 Å². The lowest BCUT2D eigenvalue weighted by molar-refractivity contribution is -0.144. The number of carbonyl (C=O) groups is 6. The SMILES string of the molecule is CC(C)CC(NC(=O)C(NC(=O)C(NC(=O)C(C)C(=O)NC(Cc1ccccc1)C(=O)O)C(C)O)C(C)O)C(=O)C1CO1. The van der Waals surface area contributed by atoms with Crippen LogP contribution in [0.2, 0.25) is 0 Å². The maximum Gasteiger partial charge on any atom is 0.326 e. The van der Waals surface area contributed by atoms with Crippen LogP contribution in [0.3, 0.4) is 0 Å². The van der Waals surface area contributed by atoms with Gasteiger partial charge in [-0.05, 0) is 38.7 Å². The summed E-state index contributed by atoms with van der Waals surface area (Å²) < 4.78 is 5.03. The van der Waals surface area contributed by atoms with Gasteiger partial charge in [-0.25, -0.2) is 4.79 Å². The average molecular weight is 607 g/mol. The van der Waals surface area contributed by atoms with Gasteiger partial charge < -0.3 is 41.3 Å². The van der Waals surface area contributed by atoms with Crippen LogP contribution in [0.5, 0.6) is 0 Å². The number of aliphatic hydroxyl groups excluding tert-OH is 2.